The van der Waals surface area contributed by atoms with Crippen LogP contribution in [-0.2, 0) is 4.74 Å². The maximum Gasteiger partial charge on any atom is 0.350 e. The van der Waals surface area contributed by atoms with E-state index >= 15 is 0 Å². The number of fused-ring (bicyclic) bond motifs is 1. The molecular formula is C20H13ClN4O5S. The number of halogens is 1. The summed E-state index contributed by atoms with van der Waals surface area (Å²) in [5.41, 5.74) is 1.38. The number of anilines is 3. The number of pyridine rings is 1. The molecule has 3 aromatic rings. The van der Waals surface area contributed by atoms with Crippen LogP contribution < -0.4 is 19.7 Å². The molecule has 156 valence electrons. The Hall–Kier alpha value is -3.55. The lowest BCUT2D eigenvalue weighted by Gasteiger charge is -2.30. The number of ether oxygens (including phenoxy) is 3. The molecule has 0 spiro atoms. The van der Waals surface area contributed by atoms with Crippen molar-refractivity contribution in [2.24, 2.45) is 0 Å². The van der Waals surface area contributed by atoms with Crippen LogP contribution >= 0.6 is 22.9 Å². The Bertz CT molecular complexity index is 1350. The minimum Gasteiger partial charge on any atom is -0.462 e. The summed E-state index contributed by atoms with van der Waals surface area (Å²) in [6, 6.07) is 4.75. The van der Waals surface area contributed by atoms with Crippen LogP contribution in [0.3, 0.4) is 0 Å². The number of hydrogen-bond acceptors (Lipinski definition) is 8. The predicted molar refractivity (Wildman–Crippen MR) is 114 cm³/mol. The number of nitrogens with one attached hydrogen (secondary N) is 1. The van der Waals surface area contributed by atoms with E-state index in [-0.39, 0.29) is 45.9 Å². The minimum absolute atomic E-state index is 0.0231. The van der Waals surface area contributed by atoms with Crippen LogP contribution in [0.5, 0.6) is 11.5 Å². The molecule has 1 aromatic carbocycles. The molecular weight excluding hydrogens is 444 g/mol. The van der Waals surface area contributed by atoms with Crippen molar-refractivity contribution in [1.29, 1.82) is 5.26 Å². The van der Waals surface area contributed by atoms with Crippen molar-refractivity contribution in [3.05, 3.63) is 33.3 Å². The highest BCUT2D eigenvalue weighted by atomic mass is 35.5. The van der Waals surface area contributed by atoms with E-state index in [1.165, 1.54) is 4.90 Å². The number of esters is 1. The van der Waals surface area contributed by atoms with Crippen LogP contribution in [0.25, 0.3) is 10.2 Å². The molecule has 31 heavy (non-hydrogen) atoms. The second kappa shape index (κ2) is 7.01. The standard InChI is InChI=1S/C20H13ClN4O5S/c1-3-28-19(26)17-13-12-14(9(6-22)8(2)23-18(12)31-17)25(20(27)24-13)15-10(21)4-5-11-16(15)30-7-29-11/h4-5H,3,7H2,1-2H3,(H,24,27). The molecule has 0 saturated carbocycles. The highest BCUT2D eigenvalue weighted by Crippen LogP contribution is 2.53. The molecule has 0 saturated heterocycles. The molecule has 2 aromatic heterocycles. The number of amides is 2. The minimum atomic E-state index is -0.606. The molecule has 11 heteroatoms. The zero-order valence-electron chi connectivity index (χ0n) is 16.2. The van der Waals surface area contributed by atoms with Crippen molar-refractivity contribution in [3.8, 4) is 17.6 Å². The Kier molecular flexibility index (Phi) is 4.39. The molecule has 0 atom stereocenters. The van der Waals surface area contributed by atoms with E-state index in [0.29, 0.717) is 27.4 Å². The number of nitriles is 1. The first-order chi connectivity index (χ1) is 15.0. The topological polar surface area (TPSA) is 114 Å². The van der Waals surface area contributed by atoms with Crippen LogP contribution in [0.15, 0.2) is 12.1 Å². The number of carbonyl (C=O) groups excluding carboxylic acids is 2. The zero-order valence-corrected chi connectivity index (χ0v) is 17.8. The number of hydrogen-bond donors (Lipinski definition) is 1. The third-order valence-corrected chi connectivity index (χ3v) is 6.28. The monoisotopic (exact) mass is 456 g/mol. The summed E-state index contributed by atoms with van der Waals surface area (Å²) in [4.78, 5) is 32.3. The summed E-state index contributed by atoms with van der Waals surface area (Å²) in [7, 11) is 0. The fourth-order valence-corrected chi connectivity index (χ4v) is 4.97. The lowest BCUT2D eigenvalue weighted by Crippen LogP contribution is -2.35. The summed E-state index contributed by atoms with van der Waals surface area (Å²) in [6.07, 6.45) is 0. The van der Waals surface area contributed by atoms with Gasteiger partial charge in [-0.2, -0.15) is 5.26 Å². The first-order valence-electron chi connectivity index (χ1n) is 9.19. The molecule has 0 fully saturated rings. The van der Waals surface area contributed by atoms with Crippen LogP contribution in [0.1, 0.15) is 27.9 Å². The second-order valence-corrected chi connectivity index (χ2v) is 8.04. The van der Waals surface area contributed by atoms with Gasteiger partial charge in [0.25, 0.3) is 0 Å². The number of aryl methyl sites for hydroxylation is 1. The number of rotatable bonds is 3. The normalized spacial score (nSPS) is 13.9. The van der Waals surface area contributed by atoms with E-state index in [1.807, 2.05) is 0 Å². The molecule has 2 aliphatic heterocycles. The summed E-state index contributed by atoms with van der Waals surface area (Å²) < 4.78 is 16.1. The quantitative estimate of drug-likeness (QED) is 0.567. The molecule has 2 aliphatic rings. The number of nitrogens with zero attached hydrogens (tertiary/aromatic N) is 3. The second-order valence-electron chi connectivity index (χ2n) is 6.63. The van der Waals surface area contributed by atoms with Gasteiger partial charge in [0.1, 0.15) is 21.5 Å². The maximum absolute atomic E-state index is 13.3. The number of urea groups is 1. The van der Waals surface area contributed by atoms with Crippen LogP contribution in [0, 0.1) is 18.3 Å². The molecule has 2 amide bonds. The fraction of sp³-hybridized carbons (Fsp3) is 0.200. The van der Waals surface area contributed by atoms with Crippen molar-refractivity contribution < 1.29 is 23.8 Å². The van der Waals surface area contributed by atoms with Crippen LogP contribution in [0.4, 0.5) is 21.9 Å². The summed E-state index contributed by atoms with van der Waals surface area (Å²) in [6.45, 7) is 3.52. The lowest BCUT2D eigenvalue weighted by molar-refractivity contribution is 0.0533. The average Bonchev–Trinajstić information content (AvgIpc) is 3.34. The van der Waals surface area contributed by atoms with Gasteiger partial charge in [0, 0.05) is 0 Å². The van der Waals surface area contributed by atoms with Gasteiger partial charge in [0.15, 0.2) is 11.5 Å². The van der Waals surface area contributed by atoms with Gasteiger partial charge in [-0.15, -0.1) is 11.3 Å². The van der Waals surface area contributed by atoms with Gasteiger partial charge in [0.05, 0.1) is 39.6 Å². The third kappa shape index (κ3) is 2.71. The van der Waals surface area contributed by atoms with Crippen molar-refractivity contribution >= 4 is 62.2 Å². The van der Waals surface area contributed by atoms with Crippen molar-refractivity contribution in [2.45, 2.75) is 13.8 Å². The molecule has 9 nitrogen and oxygen atoms in total. The van der Waals surface area contributed by atoms with Crippen molar-refractivity contribution in [3.63, 3.8) is 0 Å². The van der Waals surface area contributed by atoms with Crippen LogP contribution in [-0.4, -0.2) is 30.4 Å². The highest BCUT2D eigenvalue weighted by molar-refractivity contribution is 7.21. The Morgan fingerprint density at radius 2 is 2.23 bits per heavy atom. The van der Waals surface area contributed by atoms with Gasteiger partial charge in [-0.05, 0) is 26.0 Å². The van der Waals surface area contributed by atoms with Gasteiger partial charge in [0.2, 0.25) is 6.79 Å². The number of thiophene rings is 1. The molecule has 0 aliphatic carbocycles. The molecule has 1 N–H and O–H groups in total. The van der Waals surface area contributed by atoms with Crippen molar-refractivity contribution in [1.82, 2.24) is 4.98 Å². The first kappa shape index (κ1) is 19.4. The highest BCUT2D eigenvalue weighted by Gasteiger charge is 2.39. The van der Waals surface area contributed by atoms with E-state index in [1.54, 1.807) is 26.0 Å². The fourth-order valence-electron chi connectivity index (χ4n) is 3.66. The maximum atomic E-state index is 13.3. The third-order valence-electron chi connectivity index (χ3n) is 4.91. The number of aromatic nitrogens is 1. The van der Waals surface area contributed by atoms with E-state index in [9.17, 15) is 14.9 Å². The molecule has 0 bridgehead atoms. The Morgan fingerprint density at radius 1 is 1.42 bits per heavy atom. The predicted octanol–water partition coefficient (Wildman–Crippen LogP) is 4.72. The molecule has 0 unspecified atom stereocenters. The average molecular weight is 457 g/mol. The smallest absolute Gasteiger partial charge is 0.350 e. The van der Waals surface area contributed by atoms with E-state index in [4.69, 9.17) is 25.8 Å². The van der Waals surface area contributed by atoms with Gasteiger partial charge >= 0.3 is 12.0 Å². The van der Waals surface area contributed by atoms with Gasteiger partial charge in [-0.1, -0.05) is 11.6 Å². The molecule has 0 radical (unpaired) electrons. The largest absolute Gasteiger partial charge is 0.462 e. The van der Waals surface area contributed by atoms with Gasteiger partial charge < -0.3 is 19.5 Å². The zero-order chi connectivity index (χ0) is 21.9. The number of benzene rings is 1. The Balaban J connectivity index is 1.86. The first-order valence-corrected chi connectivity index (χ1v) is 10.4. The van der Waals surface area contributed by atoms with Gasteiger partial charge in [-0.25, -0.2) is 14.6 Å². The SMILES string of the molecule is CCOC(=O)c1sc2nc(C)c(C#N)c3c2c1NC(=O)N3c1c(Cl)ccc2c1OCO2. The summed E-state index contributed by atoms with van der Waals surface area (Å²) >= 11 is 7.56. The summed E-state index contributed by atoms with van der Waals surface area (Å²) in [5, 5.41) is 13.3. The van der Waals surface area contributed by atoms with Crippen molar-refractivity contribution in [2.75, 3.05) is 23.6 Å². The Labute approximate surface area is 184 Å². The van der Waals surface area contributed by atoms with E-state index in [0.717, 1.165) is 11.3 Å². The molecule has 5 rings (SSSR count). The Morgan fingerprint density at radius 3 is 2.97 bits per heavy atom. The molecule has 4 heterocycles. The number of carbonyl (C=O) groups is 2. The van der Waals surface area contributed by atoms with E-state index in [2.05, 4.69) is 16.4 Å². The van der Waals surface area contributed by atoms with E-state index < -0.39 is 12.0 Å². The van der Waals surface area contributed by atoms with Gasteiger partial charge in [-0.3, -0.25) is 4.90 Å². The summed E-state index contributed by atoms with van der Waals surface area (Å²) in [5.74, 6) is 0.140. The lowest BCUT2D eigenvalue weighted by atomic mass is 10.0. The van der Waals surface area contributed by atoms with Crippen LogP contribution in [0.2, 0.25) is 5.02 Å².